The highest BCUT2D eigenvalue weighted by Crippen LogP contribution is 2.41. The summed E-state index contributed by atoms with van der Waals surface area (Å²) in [5.74, 6) is -0.309. The van der Waals surface area contributed by atoms with Crippen molar-refractivity contribution in [3.05, 3.63) is 55.1 Å². The molecule has 2 aromatic heterocycles. The number of aromatic hydroxyl groups is 1. The second-order valence-corrected chi connectivity index (χ2v) is 8.61. The zero-order chi connectivity index (χ0) is 19.3. The van der Waals surface area contributed by atoms with Crippen LogP contribution in [0.3, 0.4) is 0 Å². The first-order chi connectivity index (χ1) is 12.9. The first-order valence-corrected chi connectivity index (χ1v) is 10.0. The Hall–Kier alpha value is -2.31. The Balaban J connectivity index is 1.81. The Morgan fingerprint density at radius 1 is 1.41 bits per heavy atom. The van der Waals surface area contributed by atoms with E-state index in [9.17, 15) is 14.7 Å². The van der Waals surface area contributed by atoms with Gasteiger partial charge >= 0.3 is 0 Å². The molecule has 0 unspecified atom stereocenters. The van der Waals surface area contributed by atoms with Crippen molar-refractivity contribution < 1.29 is 9.90 Å². The van der Waals surface area contributed by atoms with Crippen LogP contribution >= 0.6 is 22.9 Å². The third-order valence-corrected chi connectivity index (χ3v) is 6.76. The highest BCUT2D eigenvalue weighted by Gasteiger charge is 2.27. The van der Waals surface area contributed by atoms with E-state index in [1.165, 1.54) is 16.2 Å². The van der Waals surface area contributed by atoms with Gasteiger partial charge in [0.05, 0.1) is 5.39 Å². The van der Waals surface area contributed by atoms with E-state index in [1.807, 2.05) is 0 Å². The van der Waals surface area contributed by atoms with Crippen molar-refractivity contribution in [1.29, 1.82) is 0 Å². The summed E-state index contributed by atoms with van der Waals surface area (Å²) in [6.07, 6.45) is 2.80. The van der Waals surface area contributed by atoms with Crippen molar-refractivity contribution in [3.63, 3.8) is 0 Å². The number of aromatic nitrogens is 1. The minimum atomic E-state index is -0.648. The third kappa shape index (κ3) is 3.03. The van der Waals surface area contributed by atoms with Gasteiger partial charge in [0.25, 0.3) is 11.5 Å². The van der Waals surface area contributed by atoms with Gasteiger partial charge in [-0.2, -0.15) is 0 Å². The standard InChI is InChI=1S/C20H19ClN2O3S/c1-9-6-7-11-14(8-9)27-20-15(11)17(24)16(19(26)23-20)18(25)22-13-5-3-4-12(21)10(13)2/h3-5,9H,6-8H2,1-2H3,(H,22,25)(H2,23,24,26)/t9-/m1/s1. The van der Waals surface area contributed by atoms with Crippen LogP contribution in [-0.4, -0.2) is 16.0 Å². The number of aromatic amines is 1. The van der Waals surface area contributed by atoms with Gasteiger partial charge in [0.15, 0.2) is 0 Å². The molecule has 0 radical (unpaired) electrons. The fourth-order valence-electron chi connectivity index (χ4n) is 3.63. The molecule has 7 heteroatoms. The molecule has 0 saturated carbocycles. The number of aryl methyl sites for hydroxylation is 1. The molecule has 1 aromatic carbocycles. The summed E-state index contributed by atoms with van der Waals surface area (Å²) in [6, 6.07) is 5.15. The highest BCUT2D eigenvalue weighted by molar-refractivity contribution is 7.18. The van der Waals surface area contributed by atoms with E-state index in [1.54, 1.807) is 25.1 Å². The van der Waals surface area contributed by atoms with Crippen molar-refractivity contribution in [1.82, 2.24) is 4.98 Å². The molecule has 4 rings (SSSR count). The fourth-order valence-corrected chi connectivity index (χ4v) is 5.21. The molecule has 2 heterocycles. The van der Waals surface area contributed by atoms with Crippen LogP contribution < -0.4 is 10.9 Å². The van der Waals surface area contributed by atoms with Gasteiger partial charge in [-0.3, -0.25) is 9.59 Å². The molecule has 3 N–H and O–H groups in total. The maximum Gasteiger partial charge on any atom is 0.265 e. The van der Waals surface area contributed by atoms with Gasteiger partial charge in [-0.15, -0.1) is 11.3 Å². The Labute approximate surface area is 165 Å². The van der Waals surface area contributed by atoms with Crippen LogP contribution in [0.25, 0.3) is 10.2 Å². The van der Waals surface area contributed by atoms with Crippen LogP contribution in [0.1, 0.15) is 39.7 Å². The molecule has 3 aromatic rings. The van der Waals surface area contributed by atoms with Crippen LogP contribution in [0, 0.1) is 12.8 Å². The van der Waals surface area contributed by atoms with E-state index in [0.717, 1.165) is 24.8 Å². The molecule has 0 fully saturated rings. The van der Waals surface area contributed by atoms with Crippen LogP contribution in [0.2, 0.25) is 5.02 Å². The van der Waals surface area contributed by atoms with Crippen molar-refractivity contribution in [2.45, 2.75) is 33.1 Å². The maximum absolute atomic E-state index is 12.8. The Morgan fingerprint density at radius 2 is 2.19 bits per heavy atom. The van der Waals surface area contributed by atoms with E-state index in [0.29, 0.717) is 32.4 Å². The number of rotatable bonds is 2. The van der Waals surface area contributed by atoms with Crippen molar-refractivity contribution in [3.8, 4) is 5.75 Å². The predicted molar refractivity (Wildman–Crippen MR) is 109 cm³/mol. The average Bonchev–Trinajstić information content (AvgIpc) is 2.96. The molecule has 1 atom stereocenters. The van der Waals surface area contributed by atoms with Gasteiger partial charge in [-0.05, 0) is 55.4 Å². The number of benzene rings is 1. The summed E-state index contributed by atoms with van der Waals surface area (Å²) in [6.45, 7) is 3.98. The van der Waals surface area contributed by atoms with E-state index in [4.69, 9.17) is 11.6 Å². The van der Waals surface area contributed by atoms with Crippen molar-refractivity contribution in [2.75, 3.05) is 5.32 Å². The number of pyridine rings is 1. The maximum atomic E-state index is 12.8. The van der Waals surface area contributed by atoms with Gasteiger partial charge in [0.2, 0.25) is 0 Å². The van der Waals surface area contributed by atoms with Crippen molar-refractivity contribution >= 4 is 44.7 Å². The van der Waals surface area contributed by atoms with Crippen LogP contribution in [0.5, 0.6) is 5.75 Å². The van der Waals surface area contributed by atoms with Crippen LogP contribution in [0.4, 0.5) is 5.69 Å². The number of hydrogen-bond donors (Lipinski definition) is 3. The summed E-state index contributed by atoms with van der Waals surface area (Å²) in [5.41, 5.74) is 1.40. The summed E-state index contributed by atoms with van der Waals surface area (Å²) < 4.78 is 0. The fraction of sp³-hybridized carbons (Fsp3) is 0.300. The number of fused-ring (bicyclic) bond motifs is 3. The van der Waals surface area contributed by atoms with Gasteiger partial charge in [0, 0.05) is 15.6 Å². The molecule has 1 aliphatic carbocycles. The van der Waals surface area contributed by atoms with E-state index in [2.05, 4.69) is 17.2 Å². The summed E-state index contributed by atoms with van der Waals surface area (Å²) >= 11 is 7.59. The molecular weight excluding hydrogens is 384 g/mol. The molecule has 5 nitrogen and oxygen atoms in total. The second-order valence-electron chi connectivity index (χ2n) is 7.10. The topological polar surface area (TPSA) is 82.2 Å². The number of nitrogens with one attached hydrogen (secondary N) is 2. The summed E-state index contributed by atoms with van der Waals surface area (Å²) in [7, 11) is 0. The van der Waals surface area contributed by atoms with E-state index < -0.39 is 11.5 Å². The molecule has 0 saturated heterocycles. The minimum Gasteiger partial charge on any atom is -0.506 e. The normalized spacial score (nSPS) is 16.3. The molecule has 27 heavy (non-hydrogen) atoms. The van der Waals surface area contributed by atoms with Gasteiger partial charge in [-0.1, -0.05) is 24.6 Å². The molecular formula is C20H19ClN2O3S. The Kier molecular flexibility index (Phi) is 4.48. The largest absolute Gasteiger partial charge is 0.506 e. The minimum absolute atomic E-state index is 0.238. The first kappa shape index (κ1) is 18.1. The van der Waals surface area contributed by atoms with E-state index in [-0.39, 0.29) is 11.3 Å². The highest BCUT2D eigenvalue weighted by atomic mass is 35.5. The molecule has 0 bridgehead atoms. The summed E-state index contributed by atoms with van der Waals surface area (Å²) in [5, 5.41) is 14.6. The van der Waals surface area contributed by atoms with Gasteiger partial charge in [-0.25, -0.2) is 0 Å². The quantitative estimate of drug-likeness (QED) is 0.584. The number of thiophene rings is 1. The van der Waals surface area contributed by atoms with Crippen LogP contribution in [0.15, 0.2) is 23.0 Å². The number of carbonyl (C=O) groups is 1. The van der Waals surface area contributed by atoms with Gasteiger partial charge in [0.1, 0.15) is 16.1 Å². The number of halogens is 1. The zero-order valence-electron chi connectivity index (χ0n) is 15.0. The molecule has 0 aliphatic heterocycles. The predicted octanol–water partition coefficient (Wildman–Crippen LogP) is 4.63. The monoisotopic (exact) mass is 402 g/mol. The van der Waals surface area contributed by atoms with Crippen LogP contribution in [-0.2, 0) is 12.8 Å². The molecule has 1 amide bonds. The number of carbonyl (C=O) groups excluding carboxylic acids is 1. The molecule has 0 spiro atoms. The smallest absolute Gasteiger partial charge is 0.265 e. The lowest BCUT2D eigenvalue weighted by atomic mass is 9.89. The van der Waals surface area contributed by atoms with Gasteiger partial charge < -0.3 is 15.4 Å². The number of hydrogen-bond acceptors (Lipinski definition) is 4. The number of anilines is 1. The Morgan fingerprint density at radius 3 is 2.96 bits per heavy atom. The van der Waals surface area contributed by atoms with E-state index >= 15 is 0 Å². The second kappa shape index (κ2) is 6.69. The SMILES string of the molecule is Cc1c(Cl)cccc1NC(=O)c1c(O)c2c3c(sc2[nH]c1=O)C[C@H](C)CC3. The first-order valence-electron chi connectivity index (χ1n) is 8.82. The zero-order valence-corrected chi connectivity index (χ0v) is 16.6. The summed E-state index contributed by atoms with van der Waals surface area (Å²) in [4.78, 5) is 29.9. The lowest BCUT2D eigenvalue weighted by Gasteiger charge is -2.18. The number of H-pyrrole nitrogens is 1. The molecule has 140 valence electrons. The average molecular weight is 403 g/mol. The Bertz CT molecular complexity index is 1130. The number of amides is 1. The lowest BCUT2D eigenvalue weighted by molar-refractivity contribution is 0.102. The lowest BCUT2D eigenvalue weighted by Crippen LogP contribution is -2.23. The molecule has 1 aliphatic rings. The van der Waals surface area contributed by atoms with Crippen molar-refractivity contribution in [2.24, 2.45) is 5.92 Å². The third-order valence-electron chi connectivity index (χ3n) is 5.18.